The van der Waals surface area contributed by atoms with Crippen LogP contribution in [0.15, 0.2) is 207 Å². The van der Waals surface area contributed by atoms with E-state index < -0.39 is 5.41 Å². The molecule has 1 aliphatic rings. The van der Waals surface area contributed by atoms with Crippen molar-refractivity contribution in [2.24, 2.45) is 0 Å². The largest absolute Gasteiger partial charge is 0.264 e. The van der Waals surface area contributed by atoms with E-state index in [-0.39, 0.29) is 0 Å². The van der Waals surface area contributed by atoms with Gasteiger partial charge in [0.05, 0.1) is 5.41 Å². The zero-order chi connectivity index (χ0) is 36.6. The van der Waals surface area contributed by atoms with Crippen LogP contribution in [0.5, 0.6) is 0 Å². The molecule has 0 saturated heterocycles. The zero-order valence-electron chi connectivity index (χ0n) is 29.9. The Morgan fingerprint density at radius 1 is 0.309 bits per heavy atom. The summed E-state index contributed by atoms with van der Waals surface area (Å²) >= 11 is 0. The van der Waals surface area contributed by atoms with Crippen LogP contribution < -0.4 is 0 Å². The van der Waals surface area contributed by atoms with E-state index in [0.717, 1.165) is 38.9 Å². The number of aromatic nitrogens is 4. The molecule has 258 valence electrons. The van der Waals surface area contributed by atoms with Gasteiger partial charge in [0.1, 0.15) is 0 Å². The molecular formula is C51H34N4. The molecule has 10 rings (SSSR count). The minimum absolute atomic E-state index is 0.449. The SMILES string of the molecule is c1ccc(-c2nc(-c3ccc(-c4cccnc4)cc3)nc(-c3ccc(-c4ccc5c(c4)C(c4ccccc4)(c4ccccc4)c4ccccc4-5)cc3)n2)cc1. The van der Waals surface area contributed by atoms with Gasteiger partial charge in [0.15, 0.2) is 17.5 Å². The van der Waals surface area contributed by atoms with Gasteiger partial charge in [-0.25, -0.2) is 15.0 Å². The van der Waals surface area contributed by atoms with Crippen LogP contribution in [0, 0.1) is 0 Å². The molecule has 4 nitrogen and oxygen atoms in total. The van der Waals surface area contributed by atoms with Crippen molar-refractivity contribution in [3.8, 4) is 67.5 Å². The Kier molecular flexibility index (Phi) is 8.00. The maximum Gasteiger partial charge on any atom is 0.164 e. The molecule has 0 bridgehead atoms. The van der Waals surface area contributed by atoms with Crippen LogP contribution in [0.2, 0.25) is 0 Å². The van der Waals surface area contributed by atoms with Crippen LogP contribution >= 0.6 is 0 Å². The molecule has 0 amide bonds. The molecule has 0 saturated carbocycles. The van der Waals surface area contributed by atoms with Gasteiger partial charge in [-0.3, -0.25) is 4.98 Å². The fourth-order valence-corrected chi connectivity index (χ4v) is 8.13. The maximum absolute atomic E-state index is 5.03. The first kappa shape index (κ1) is 32.4. The monoisotopic (exact) mass is 702 g/mol. The smallest absolute Gasteiger partial charge is 0.164 e. The molecule has 0 spiro atoms. The summed E-state index contributed by atoms with van der Waals surface area (Å²) in [6, 6.07) is 68.7. The van der Waals surface area contributed by atoms with E-state index in [4.69, 9.17) is 15.0 Å². The van der Waals surface area contributed by atoms with Crippen LogP contribution in [0.1, 0.15) is 22.3 Å². The lowest BCUT2D eigenvalue weighted by Crippen LogP contribution is -2.28. The van der Waals surface area contributed by atoms with E-state index in [1.54, 1.807) is 6.20 Å². The highest BCUT2D eigenvalue weighted by molar-refractivity contribution is 5.88. The summed E-state index contributed by atoms with van der Waals surface area (Å²) in [6.45, 7) is 0. The third-order valence-corrected chi connectivity index (χ3v) is 10.7. The van der Waals surface area contributed by atoms with Gasteiger partial charge in [-0.05, 0) is 67.8 Å². The maximum atomic E-state index is 5.03. The van der Waals surface area contributed by atoms with Gasteiger partial charge in [0, 0.05) is 29.1 Å². The fraction of sp³-hybridized carbons (Fsp3) is 0.0196. The highest BCUT2D eigenvalue weighted by Gasteiger charge is 2.46. The summed E-state index contributed by atoms with van der Waals surface area (Å²) < 4.78 is 0. The Balaban J connectivity index is 1.06. The second-order valence-corrected chi connectivity index (χ2v) is 13.9. The molecule has 0 N–H and O–H groups in total. The predicted octanol–water partition coefficient (Wildman–Crippen LogP) is 12.0. The van der Waals surface area contributed by atoms with E-state index in [2.05, 4.69) is 163 Å². The Hall–Kier alpha value is -7.30. The molecule has 0 fully saturated rings. The summed E-state index contributed by atoms with van der Waals surface area (Å²) in [5.41, 5.74) is 14.4. The normalized spacial score (nSPS) is 12.5. The van der Waals surface area contributed by atoms with Gasteiger partial charge >= 0.3 is 0 Å². The standard InChI is InChI=1S/C51H34N4/c1-4-13-37(14-5-1)48-53-49(55-50(54-48)39-28-24-36(25-29-39)41-15-12-32-52-34-41)38-26-22-35(23-27-38)40-30-31-45-44-20-10-11-21-46(44)51(47(45)33-40,42-16-6-2-7-17-42)43-18-8-3-9-19-43/h1-34H. The van der Waals surface area contributed by atoms with Crippen LogP contribution in [0.4, 0.5) is 0 Å². The summed E-state index contributed by atoms with van der Waals surface area (Å²) in [6.07, 6.45) is 3.66. The average Bonchev–Trinajstić information content (AvgIpc) is 3.58. The number of benzene rings is 7. The Morgan fingerprint density at radius 2 is 0.745 bits per heavy atom. The molecular weight excluding hydrogens is 669 g/mol. The minimum Gasteiger partial charge on any atom is -0.264 e. The Morgan fingerprint density at radius 3 is 1.31 bits per heavy atom. The lowest BCUT2D eigenvalue weighted by atomic mass is 9.67. The number of pyridine rings is 1. The molecule has 0 atom stereocenters. The summed E-state index contributed by atoms with van der Waals surface area (Å²) in [5, 5.41) is 0. The van der Waals surface area contributed by atoms with E-state index in [9.17, 15) is 0 Å². The van der Waals surface area contributed by atoms with Gasteiger partial charge in [0.2, 0.25) is 0 Å². The van der Waals surface area contributed by atoms with E-state index in [1.807, 2.05) is 42.6 Å². The van der Waals surface area contributed by atoms with Crippen molar-refractivity contribution in [2.75, 3.05) is 0 Å². The van der Waals surface area contributed by atoms with Crippen molar-refractivity contribution in [3.63, 3.8) is 0 Å². The lowest BCUT2D eigenvalue weighted by Gasteiger charge is -2.34. The van der Waals surface area contributed by atoms with Gasteiger partial charge < -0.3 is 0 Å². The highest BCUT2D eigenvalue weighted by atomic mass is 15.0. The molecule has 0 radical (unpaired) electrons. The number of hydrogen-bond donors (Lipinski definition) is 0. The van der Waals surface area contributed by atoms with Gasteiger partial charge in [-0.2, -0.15) is 0 Å². The topological polar surface area (TPSA) is 51.6 Å². The third kappa shape index (κ3) is 5.63. The van der Waals surface area contributed by atoms with E-state index in [0.29, 0.717) is 17.5 Å². The first-order chi connectivity index (χ1) is 27.3. The van der Waals surface area contributed by atoms with Crippen molar-refractivity contribution in [1.29, 1.82) is 0 Å². The fourth-order valence-electron chi connectivity index (χ4n) is 8.13. The second kappa shape index (κ2) is 13.6. The van der Waals surface area contributed by atoms with Gasteiger partial charge in [-0.15, -0.1) is 0 Å². The van der Waals surface area contributed by atoms with E-state index >= 15 is 0 Å². The molecule has 1 aliphatic carbocycles. The first-order valence-electron chi connectivity index (χ1n) is 18.5. The Bertz CT molecular complexity index is 2730. The number of rotatable bonds is 7. The van der Waals surface area contributed by atoms with Gasteiger partial charge in [0.25, 0.3) is 0 Å². The number of hydrogen-bond acceptors (Lipinski definition) is 4. The molecule has 0 aliphatic heterocycles. The molecule has 55 heavy (non-hydrogen) atoms. The van der Waals surface area contributed by atoms with Crippen LogP contribution in [-0.2, 0) is 5.41 Å². The summed E-state index contributed by atoms with van der Waals surface area (Å²) in [7, 11) is 0. The van der Waals surface area contributed by atoms with Crippen LogP contribution in [-0.4, -0.2) is 19.9 Å². The zero-order valence-corrected chi connectivity index (χ0v) is 29.9. The van der Waals surface area contributed by atoms with Crippen LogP contribution in [0.3, 0.4) is 0 Å². The van der Waals surface area contributed by atoms with Crippen LogP contribution in [0.25, 0.3) is 67.5 Å². The molecule has 7 aromatic carbocycles. The third-order valence-electron chi connectivity index (χ3n) is 10.7. The Labute approximate surface area is 320 Å². The molecule has 2 aromatic heterocycles. The molecule has 2 heterocycles. The van der Waals surface area contributed by atoms with Crippen molar-refractivity contribution in [3.05, 3.63) is 229 Å². The lowest BCUT2D eigenvalue weighted by molar-refractivity contribution is 0.769. The summed E-state index contributed by atoms with van der Waals surface area (Å²) in [4.78, 5) is 19.2. The van der Waals surface area contributed by atoms with Crippen molar-refractivity contribution >= 4 is 0 Å². The van der Waals surface area contributed by atoms with Crippen molar-refractivity contribution in [1.82, 2.24) is 19.9 Å². The average molecular weight is 703 g/mol. The van der Waals surface area contributed by atoms with Crippen molar-refractivity contribution < 1.29 is 0 Å². The molecule has 9 aromatic rings. The number of nitrogens with zero attached hydrogens (tertiary/aromatic N) is 4. The molecule has 4 heteroatoms. The highest BCUT2D eigenvalue weighted by Crippen LogP contribution is 2.56. The quantitative estimate of drug-likeness (QED) is 0.166. The predicted molar refractivity (Wildman–Crippen MR) is 222 cm³/mol. The first-order valence-corrected chi connectivity index (χ1v) is 18.5. The minimum atomic E-state index is -0.449. The van der Waals surface area contributed by atoms with Gasteiger partial charge in [-0.1, -0.05) is 182 Å². The van der Waals surface area contributed by atoms with Crippen molar-refractivity contribution in [2.45, 2.75) is 5.41 Å². The summed E-state index contributed by atoms with van der Waals surface area (Å²) in [5.74, 6) is 1.89. The van der Waals surface area contributed by atoms with E-state index in [1.165, 1.54) is 33.4 Å². The molecule has 0 unspecified atom stereocenters. The number of fused-ring (bicyclic) bond motifs is 3. The second-order valence-electron chi connectivity index (χ2n) is 13.9.